The largest absolute Gasteiger partial charge is 0.491 e. The van der Waals surface area contributed by atoms with Gasteiger partial charge in [0.05, 0.1) is 37.4 Å². The van der Waals surface area contributed by atoms with Gasteiger partial charge in [-0.1, -0.05) is 0 Å². The number of Topliss-reactive ketones (excluding diaryl/α,β-unsaturated/α-hetero) is 1. The van der Waals surface area contributed by atoms with Crippen molar-refractivity contribution >= 4 is 29.7 Å². The lowest BCUT2D eigenvalue weighted by Gasteiger charge is -2.17. The van der Waals surface area contributed by atoms with Crippen LogP contribution in [0.2, 0.25) is 0 Å². The predicted octanol–water partition coefficient (Wildman–Crippen LogP) is 3.19. The van der Waals surface area contributed by atoms with Gasteiger partial charge in [-0.25, -0.2) is 8.78 Å². The first-order valence-electron chi connectivity index (χ1n) is 7.95. The van der Waals surface area contributed by atoms with E-state index in [9.17, 15) is 18.4 Å². The van der Waals surface area contributed by atoms with Crippen molar-refractivity contribution in [2.24, 2.45) is 10.9 Å². The second-order valence-corrected chi connectivity index (χ2v) is 5.94. The fourth-order valence-corrected chi connectivity index (χ4v) is 2.53. The van der Waals surface area contributed by atoms with E-state index in [2.05, 4.69) is 9.73 Å². The number of aliphatic imine (C=N–C) groups is 1. The lowest BCUT2D eigenvalue weighted by Crippen LogP contribution is -2.35. The summed E-state index contributed by atoms with van der Waals surface area (Å²) in [4.78, 5) is 29.5. The van der Waals surface area contributed by atoms with Gasteiger partial charge in [-0.15, -0.1) is 0 Å². The molecular weight excluding hydrogens is 368 g/mol. The number of nitrogens with zero attached hydrogens (tertiary/aromatic N) is 1. The van der Waals surface area contributed by atoms with Crippen LogP contribution in [0, 0.1) is 17.6 Å². The van der Waals surface area contributed by atoms with Crippen LogP contribution >= 0.6 is 12.0 Å². The average Bonchev–Trinajstić information content (AvgIpc) is 3.40. The zero-order valence-corrected chi connectivity index (χ0v) is 15.4. The highest BCUT2D eigenvalue weighted by Crippen LogP contribution is 2.29. The third-order valence-corrected chi connectivity index (χ3v) is 3.91. The summed E-state index contributed by atoms with van der Waals surface area (Å²) in [5, 5.41) is 0. The molecule has 1 aromatic rings. The Hall–Kier alpha value is -2.16. The first-order chi connectivity index (χ1) is 12.4. The van der Waals surface area contributed by atoms with E-state index in [0.717, 1.165) is 44.1 Å². The smallest absolute Gasteiger partial charge is 0.326 e. The maximum Gasteiger partial charge on any atom is 0.326 e. The molecule has 142 valence electrons. The molecule has 1 atom stereocenters. The number of hydrogen-bond acceptors (Lipinski definition) is 7. The molecule has 0 saturated heterocycles. The van der Waals surface area contributed by atoms with Gasteiger partial charge in [0.1, 0.15) is 0 Å². The molecule has 0 aromatic heterocycles. The first kappa shape index (κ1) is 20.2. The maximum atomic E-state index is 14.5. The lowest BCUT2D eigenvalue weighted by molar-refractivity contribution is -0.144. The van der Waals surface area contributed by atoms with Crippen molar-refractivity contribution in [3.05, 3.63) is 29.3 Å². The molecule has 0 spiro atoms. The van der Waals surface area contributed by atoms with Gasteiger partial charge in [-0.2, -0.15) is 0 Å². The molecule has 1 aromatic carbocycles. The van der Waals surface area contributed by atoms with E-state index < -0.39 is 40.6 Å². The van der Waals surface area contributed by atoms with Crippen LogP contribution in [0.1, 0.15) is 30.1 Å². The van der Waals surface area contributed by atoms with E-state index in [1.54, 1.807) is 13.2 Å². The number of ether oxygens (including phenoxy) is 2. The second-order valence-electron chi connectivity index (χ2n) is 5.44. The van der Waals surface area contributed by atoms with Crippen LogP contribution in [-0.2, 0) is 13.7 Å². The van der Waals surface area contributed by atoms with Crippen LogP contribution < -0.4 is 4.74 Å². The van der Waals surface area contributed by atoms with Gasteiger partial charge in [0, 0.05) is 6.26 Å². The number of ketones is 1. The van der Waals surface area contributed by atoms with Crippen molar-refractivity contribution in [2.45, 2.75) is 25.8 Å². The minimum Gasteiger partial charge on any atom is -0.491 e. The minimum absolute atomic E-state index is 0.0216. The summed E-state index contributed by atoms with van der Waals surface area (Å²) in [6.07, 6.45) is 3.21. The van der Waals surface area contributed by atoms with Crippen molar-refractivity contribution in [1.29, 1.82) is 0 Å². The number of methoxy groups -OCH3 is 1. The summed E-state index contributed by atoms with van der Waals surface area (Å²) < 4.78 is 43.0. The van der Waals surface area contributed by atoms with E-state index in [1.165, 1.54) is 0 Å². The Balaban J connectivity index is 2.47. The number of esters is 1. The zero-order valence-electron chi connectivity index (χ0n) is 14.6. The van der Waals surface area contributed by atoms with Crippen LogP contribution in [0.25, 0.3) is 0 Å². The van der Waals surface area contributed by atoms with Crippen molar-refractivity contribution in [3.8, 4) is 5.75 Å². The summed E-state index contributed by atoms with van der Waals surface area (Å²) >= 11 is 0.901. The fraction of sp³-hybridized carbons (Fsp3) is 0.471. The number of rotatable bonds is 8. The molecular formula is C17H19F2NO5S. The molecule has 1 saturated carbocycles. The van der Waals surface area contributed by atoms with Gasteiger partial charge in [0.25, 0.3) is 0 Å². The number of carbonyl (C=O) groups excluding carboxylic acids is 2. The SMILES string of the molecule is CCOC(=O)C(C(=O)c1ccc(F)c(OC)c1F)C(=NC1CC1)OSC. The van der Waals surface area contributed by atoms with Crippen molar-refractivity contribution in [3.63, 3.8) is 0 Å². The number of carbonyl (C=O) groups is 2. The summed E-state index contributed by atoms with van der Waals surface area (Å²) in [5.74, 6) is -6.42. The molecule has 0 heterocycles. The van der Waals surface area contributed by atoms with E-state index >= 15 is 0 Å². The monoisotopic (exact) mass is 387 g/mol. The lowest BCUT2D eigenvalue weighted by atomic mass is 9.96. The fourth-order valence-electron chi connectivity index (χ4n) is 2.22. The highest BCUT2D eigenvalue weighted by atomic mass is 32.2. The molecule has 9 heteroatoms. The Morgan fingerprint density at radius 2 is 2.04 bits per heavy atom. The van der Waals surface area contributed by atoms with Crippen molar-refractivity contribution in [1.82, 2.24) is 0 Å². The van der Waals surface area contributed by atoms with Gasteiger partial charge in [-0.3, -0.25) is 14.6 Å². The molecule has 6 nitrogen and oxygen atoms in total. The molecule has 0 N–H and O–H groups in total. The number of benzene rings is 1. The normalized spacial score (nSPS) is 15.3. The highest BCUT2D eigenvalue weighted by Gasteiger charge is 2.39. The molecule has 0 bridgehead atoms. The summed E-state index contributed by atoms with van der Waals surface area (Å²) in [5.41, 5.74) is -0.505. The average molecular weight is 387 g/mol. The molecule has 26 heavy (non-hydrogen) atoms. The van der Waals surface area contributed by atoms with Crippen molar-refractivity contribution in [2.75, 3.05) is 20.0 Å². The molecule has 1 aliphatic carbocycles. The Morgan fingerprint density at radius 1 is 1.35 bits per heavy atom. The zero-order chi connectivity index (χ0) is 19.3. The number of hydrogen-bond donors (Lipinski definition) is 0. The van der Waals surface area contributed by atoms with Crippen molar-refractivity contribution < 1.29 is 32.0 Å². The highest BCUT2D eigenvalue weighted by molar-refractivity contribution is 7.94. The standard InChI is InChI=1S/C17H19F2NO5S/c1-4-24-17(22)12(16(25-26-3)20-9-5-6-9)14(21)10-7-8-11(18)15(23-2)13(10)19/h7-9,12H,4-6H2,1-3H3. The Bertz CT molecular complexity index is 721. The van der Waals surface area contributed by atoms with Gasteiger partial charge in [0.15, 0.2) is 29.1 Å². The van der Waals surface area contributed by atoms with Gasteiger partial charge in [0.2, 0.25) is 5.90 Å². The molecule has 1 unspecified atom stereocenters. The van der Waals surface area contributed by atoms with E-state index in [0.29, 0.717) is 0 Å². The molecule has 1 aliphatic rings. The van der Waals surface area contributed by atoms with Crippen LogP contribution in [0.3, 0.4) is 0 Å². The van der Waals surface area contributed by atoms with Crippen LogP contribution in [0.15, 0.2) is 17.1 Å². The molecule has 2 rings (SSSR count). The van der Waals surface area contributed by atoms with E-state index in [-0.39, 0.29) is 18.5 Å². The van der Waals surface area contributed by atoms with Gasteiger partial charge < -0.3 is 13.7 Å². The topological polar surface area (TPSA) is 74.2 Å². The summed E-state index contributed by atoms with van der Waals surface area (Å²) in [7, 11) is 1.08. The summed E-state index contributed by atoms with van der Waals surface area (Å²) in [6, 6.07) is 1.80. The van der Waals surface area contributed by atoms with Gasteiger partial charge in [-0.05, 0) is 31.9 Å². The van der Waals surface area contributed by atoms with Crippen LogP contribution in [0.4, 0.5) is 8.78 Å². The second kappa shape index (κ2) is 8.98. The predicted molar refractivity (Wildman–Crippen MR) is 92.4 cm³/mol. The number of halogens is 2. The Morgan fingerprint density at radius 3 is 2.58 bits per heavy atom. The molecule has 1 fully saturated rings. The first-order valence-corrected chi connectivity index (χ1v) is 9.10. The molecule has 0 amide bonds. The van der Waals surface area contributed by atoms with Crippen LogP contribution in [0.5, 0.6) is 5.75 Å². The Kier molecular flexibility index (Phi) is 6.96. The minimum atomic E-state index is -1.58. The van der Waals surface area contributed by atoms with E-state index in [4.69, 9.17) is 8.92 Å². The van der Waals surface area contributed by atoms with E-state index in [1.807, 2.05) is 0 Å². The van der Waals surface area contributed by atoms with Crippen LogP contribution in [-0.4, -0.2) is 43.7 Å². The maximum absolute atomic E-state index is 14.5. The Labute approximate surface area is 154 Å². The molecule has 0 aliphatic heterocycles. The molecule has 0 radical (unpaired) electrons. The summed E-state index contributed by atoms with van der Waals surface area (Å²) in [6.45, 7) is 1.60. The quantitative estimate of drug-likeness (QED) is 0.170. The third kappa shape index (κ3) is 4.51. The third-order valence-electron chi connectivity index (χ3n) is 3.58. The van der Waals surface area contributed by atoms with Gasteiger partial charge >= 0.3 is 5.97 Å².